The number of hydrogen-bond donors (Lipinski definition) is 3. The second-order valence-electron chi connectivity index (χ2n) is 6.77. The van der Waals surface area contributed by atoms with E-state index in [1.54, 1.807) is 12.0 Å². The van der Waals surface area contributed by atoms with Crippen LogP contribution in [0.1, 0.15) is 31.2 Å². The lowest BCUT2D eigenvalue weighted by atomic mass is 9.96. The standard InChI is InChI=1S/C18H27N3OS/c1-22-10-9-19-18(23)20-15-11-16-7-8-17(12-15)21(16)13-14-5-3-2-4-6-14/h2-6,15-17H,7-13H2,1H3,(H2,19,20,23)/p+1/t15?,16-,17+. The summed E-state index contributed by atoms with van der Waals surface area (Å²) in [6, 6.07) is 13.0. The third-order valence-electron chi connectivity index (χ3n) is 5.23. The van der Waals surface area contributed by atoms with Gasteiger partial charge in [-0.15, -0.1) is 0 Å². The summed E-state index contributed by atoms with van der Waals surface area (Å²) in [5, 5.41) is 7.51. The molecule has 0 amide bonds. The third kappa shape index (κ3) is 4.43. The SMILES string of the molecule is COCCNC(=S)NC1C[C@H]2CC[C@@H](C1)[NH+]2Cc1ccccc1. The summed E-state index contributed by atoms with van der Waals surface area (Å²) in [5.74, 6) is 0. The largest absolute Gasteiger partial charge is 0.383 e. The number of fused-ring (bicyclic) bond motifs is 2. The van der Waals surface area contributed by atoms with E-state index in [1.165, 1.54) is 37.8 Å². The van der Waals surface area contributed by atoms with E-state index in [-0.39, 0.29) is 0 Å². The van der Waals surface area contributed by atoms with Crippen LogP contribution in [0.15, 0.2) is 30.3 Å². The van der Waals surface area contributed by atoms with Crippen LogP contribution in [0.25, 0.3) is 0 Å². The van der Waals surface area contributed by atoms with Crippen molar-refractivity contribution in [2.45, 2.75) is 50.4 Å². The molecule has 2 fully saturated rings. The second-order valence-corrected chi connectivity index (χ2v) is 7.18. The van der Waals surface area contributed by atoms with Crippen LogP contribution >= 0.6 is 12.2 Å². The number of benzene rings is 1. The predicted molar refractivity (Wildman–Crippen MR) is 96.6 cm³/mol. The fraction of sp³-hybridized carbons (Fsp3) is 0.611. The topological polar surface area (TPSA) is 37.7 Å². The van der Waals surface area contributed by atoms with Crippen LogP contribution in [0.2, 0.25) is 0 Å². The highest BCUT2D eigenvalue weighted by molar-refractivity contribution is 7.80. The van der Waals surface area contributed by atoms with Gasteiger partial charge in [-0.1, -0.05) is 30.3 Å². The second kappa shape index (κ2) is 8.08. The summed E-state index contributed by atoms with van der Waals surface area (Å²) in [7, 11) is 1.71. The minimum Gasteiger partial charge on any atom is -0.383 e. The number of methoxy groups -OCH3 is 1. The quantitative estimate of drug-likeness (QED) is 0.533. The van der Waals surface area contributed by atoms with Crippen molar-refractivity contribution in [3.63, 3.8) is 0 Å². The van der Waals surface area contributed by atoms with Gasteiger partial charge in [0.2, 0.25) is 0 Å². The van der Waals surface area contributed by atoms with Crippen molar-refractivity contribution >= 4 is 17.3 Å². The van der Waals surface area contributed by atoms with Crippen molar-refractivity contribution in [3.05, 3.63) is 35.9 Å². The van der Waals surface area contributed by atoms with Gasteiger partial charge in [0.15, 0.2) is 5.11 Å². The number of nitrogens with one attached hydrogen (secondary N) is 3. The number of ether oxygens (including phenoxy) is 1. The zero-order valence-electron chi connectivity index (χ0n) is 13.9. The number of thiocarbonyl (C=S) groups is 1. The van der Waals surface area contributed by atoms with Crippen molar-refractivity contribution in [3.8, 4) is 0 Å². The minimum absolute atomic E-state index is 0.523. The van der Waals surface area contributed by atoms with Gasteiger partial charge < -0.3 is 20.3 Å². The molecule has 0 spiro atoms. The molecular formula is C18H28N3OS+. The fourth-order valence-electron chi connectivity index (χ4n) is 4.17. The van der Waals surface area contributed by atoms with E-state index in [0.29, 0.717) is 12.6 Å². The average molecular weight is 335 g/mol. The van der Waals surface area contributed by atoms with Crippen LogP contribution in [-0.4, -0.2) is 43.5 Å². The van der Waals surface area contributed by atoms with Gasteiger partial charge in [-0.3, -0.25) is 0 Å². The Morgan fingerprint density at radius 3 is 2.57 bits per heavy atom. The van der Waals surface area contributed by atoms with Crippen LogP contribution in [0.4, 0.5) is 0 Å². The Kier molecular flexibility index (Phi) is 5.86. The molecule has 2 unspecified atom stereocenters. The van der Waals surface area contributed by atoms with Gasteiger partial charge >= 0.3 is 0 Å². The molecule has 4 nitrogen and oxygen atoms in total. The van der Waals surface area contributed by atoms with Gasteiger partial charge in [0.25, 0.3) is 0 Å². The summed E-state index contributed by atoms with van der Waals surface area (Å²) in [4.78, 5) is 1.78. The summed E-state index contributed by atoms with van der Waals surface area (Å²) < 4.78 is 5.04. The van der Waals surface area contributed by atoms with Crippen LogP contribution < -0.4 is 15.5 Å². The molecule has 126 valence electrons. The van der Waals surface area contributed by atoms with Gasteiger partial charge in [-0.25, -0.2) is 0 Å². The van der Waals surface area contributed by atoms with Gasteiger partial charge in [0, 0.05) is 50.9 Å². The Balaban J connectivity index is 1.50. The maximum atomic E-state index is 5.40. The van der Waals surface area contributed by atoms with E-state index in [2.05, 4.69) is 41.0 Å². The number of piperidine rings is 1. The number of rotatable bonds is 6. The summed E-state index contributed by atoms with van der Waals surface area (Å²) in [6.07, 6.45) is 5.17. The lowest BCUT2D eigenvalue weighted by molar-refractivity contribution is -0.954. The molecule has 0 saturated carbocycles. The zero-order valence-corrected chi connectivity index (χ0v) is 14.7. The molecule has 2 heterocycles. The van der Waals surface area contributed by atoms with Crippen LogP contribution in [0, 0.1) is 0 Å². The Labute approximate surface area is 144 Å². The smallest absolute Gasteiger partial charge is 0.166 e. The first-order valence-electron chi connectivity index (χ1n) is 8.69. The maximum absolute atomic E-state index is 5.40. The molecule has 3 rings (SSSR count). The predicted octanol–water partition coefficient (Wildman–Crippen LogP) is 0.875. The molecule has 0 radical (unpaired) electrons. The Hall–Kier alpha value is -1.17. The molecule has 1 aromatic rings. The average Bonchev–Trinajstić information content (AvgIpc) is 2.79. The molecule has 2 bridgehead atoms. The first-order valence-corrected chi connectivity index (χ1v) is 9.10. The molecular weight excluding hydrogens is 306 g/mol. The Morgan fingerprint density at radius 2 is 1.91 bits per heavy atom. The molecule has 4 atom stereocenters. The molecule has 3 N–H and O–H groups in total. The highest BCUT2D eigenvalue weighted by Crippen LogP contribution is 2.23. The maximum Gasteiger partial charge on any atom is 0.166 e. The van der Waals surface area contributed by atoms with Crippen LogP contribution in [-0.2, 0) is 11.3 Å². The molecule has 2 aliphatic heterocycles. The van der Waals surface area contributed by atoms with Crippen molar-refractivity contribution in [2.24, 2.45) is 0 Å². The molecule has 5 heteroatoms. The van der Waals surface area contributed by atoms with Gasteiger partial charge in [0.05, 0.1) is 18.7 Å². The molecule has 0 aliphatic carbocycles. The third-order valence-corrected chi connectivity index (χ3v) is 5.49. The zero-order chi connectivity index (χ0) is 16.1. The van der Waals surface area contributed by atoms with Gasteiger partial charge in [-0.2, -0.15) is 0 Å². The van der Waals surface area contributed by atoms with Gasteiger partial charge in [0.1, 0.15) is 6.54 Å². The highest BCUT2D eigenvalue weighted by atomic mass is 32.1. The molecule has 1 aromatic carbocycles. The summed E-state index contributed by atoms with van der Waals surface area (Å²) >= 11 is 5.40. The summed E-state index contributed by atoms with van der Waals surface area (Å²) in [6.45, 7) is 2.62. The molecule has 2 aliphatic rings. The molecule has 0 aromatic heterocycles. The summed E-state index contributed by atoms with van der Waals surface area (Å²) in [5.41, 5.74) is 1.46. The van der Waals surface area contributed by atoms with E-state index in [4.69, 9.17) is 17.0 Å². The first-order chi connectivity index (χ1) is 11.3. The first kappa shape index (κ1) is 16.7. The van der Waals surface area contributed by atoms with Crippen molar-refractivity contribution < 1.29 is 9.64 Å². The van der Waals surface area contributed by atoms with E-state index < -0.39 is 0 Å². The van der Waals surface area contributed by atoms with Crippen LogP contribution in [0.3, 0.4) is 0 Å². The fourth-order valence-corrected chi connectivity index (χ4v) is 4.44. The van der Waals surface area contributed by atoms with E-state index in [1.807, 2.05) is 0 Å². The van der Waals surface area contributed by atoms with E-state index in [0.717, 1.165) is 23.7 Å². The monoisotopic (exact) mass is 334 g/mol. The number of hydrogen-bond acceptors (Lipinski definition) is 2. The normalized spacial score (nSPS) is 29.3. The van der Waals surface area contributed by atoms with E-state index >= 15 is 0 Å². The van der Waals surface area contributed by atoms with Crippen LogP contribution in [0.5, 0.6) is 0 Å². The lowest BCUT2D eigenvalue weighted by Crippen LogP contribution is -3.17. The Bertz CT molecular complexity index is 496. The number of quaternary nitrogens is 1. The van der Waals surface area contributed by atoms with Crippen molar-refractivity contribution in [2.75, 3.05) is 20.3 Å². The molecule has 2 saturated heterocycles. The molecule has 23 heavy (non-hydrogen) atoms. The highest BCUT2D eigenvalue weighted by Gasteiger charge is 2.44. The Morgan fingerprint density at radius 1 is 1.22 bits per heavy atom. The lowest BCUT2D eigenvalue weighted by Gasteiger charge is -2.36. The van der Waals surface area contributed by atoms with Crippen molar-refractivity contribution in [1.29, 1.82) is 0 Å². The van der Waals surface area contributed by atoms with Gasteiger partial charge in [-0.05, 0) is 12.2 Å². The van der Waals surface area contributed by atoms with E-state index in [9.17, 15) is 0 Å². The minimum atomic E-state index is 0.523. The van der Waals surface area contributed by atoms with Crippen molar-refractivity contribution in [1.82, 2.24) is 10.6 Å².